The summed E-state index contributed by atoms with van der Waals surface area (Å²) in [6.45, 7) is 5.94. The molecule has 0 aromatic rings. The number of carbonyl (C=O) groups excluding carboxylic acids is 2. The molecule has 1 heterocycles. The normalized spacial score (nSPS) is 40.5. The standard InChI is InChI=1S/C14H18O7S/c1-7(2)13(16)19-6-11(15)20-14(3)8-4-9-10(5-8)21-22(17,18)12(9)14/h8-10,12H,1,4-6H2,2-3H3. The molecule has 3 aliphatic rings. The van der Waals surface area contributed by atoms with Crippen LogP contribution in [0.2, 0.25) is 0 Å². The Balaban J connectivity index is 1.71. The van der Waals surface area contributed by atoms with Crippen LogP contribution in [-0.4, -0.2) is 43.9 Å². The van der Waals surface area contributed by atoms with Crippen molar-refractivity contribution in [1.82, 2.24) is 0 Å². The first-order valence-electron chi connectivity index (χ1n) is 7.11. The second-order valence-electron chi connectivity index (χ2n) is 6.39. The highest BCUT2D eigenvalue weighted by atomic mass is 32.2. The van der Waals surface area contributed by atoms with E-state index in [0.29, 0.717) is 12.8 Å². The topological polar surface area (TPSA) is 96.0 Å². The van der Waals surface area contributed by atoms with Gasteiger partial charge >= 0.3 is 11.9 Å². The van der Waals surface area contributed by atoms with Crippen molar-refractivity contribution in [3.8, 4) is 0 Å². The van der Waals surface area contributed by atoms with E-state index in [2.05, 4.69) is 6.58 Å². The third-order valence-electron chi connectivity index (χ3n) is 4.89. The molecular formula is C14H18O7S. The molecule has 3 fully saturated rings. The van der Waals surface area contributed by atoms with Gasteiger partial charge in [0.1, 0.15) is 10.9 Å². The molecular weight excluding hydrogens is 312 g/mol. The second-order valence-corrected chi connectivity index (χ2v) is 8.08. The molecule has 5 unspecified atom stereocenters. The Hall–Kier alpha value is -1.41. The minimum absolute atomic E-state index is 0.0504. The fraction of sp³-hybridized carbons (Fsp3) is 0.714. The van der Waals surface area contributed by atoms with Crippen molar-refractivity contribution < 1.29 is 31.7 Å². The van der Waals surface area contributed by atoms with Crippen molar-refractivity contribution in [3.05, 3.63) is 12.2 Å². The van der Waals surface area contributed by atoms with E-state index in [1.807, 2.05) is 0 Å². The van der Waals surface area contributed by atoms with E-state index in [1.54, 1.807) is 6.92 Å². The van der Waals surface area contributed by atoms with Gasteiger partial charge in [0, 0.05) is 17.4 Å². The molecule has 0 radical (unpaired) electrons. The molecule has 5 atom stereocenters. The van der Waals surface area contributed by atoms with Crippen LogP contribution in [0.3, 0.4) is 0 Å². The van der Waals surface area contributed by atoms with Crippen LogP contribution in [0.25, 0.3) is 0 Å². The van der Waals surface area contributed by atoms with Crippen LogP contribution in [-0.2, 0) is 33.4 Å². The second kappa shape index (κ2) is 4.79. The van der Waals surface area contributed by atoms with Gasteiger partial charge in [-0.25, -0.2) is 9.59 Å². The molecule has 0 aromatic carbocycles. The van der Waals surface area contributed by atoms with Gasteiger partial charge in [0.05, 0.1) is 6.10 Å². The summed E-state index contributed by atoms with van der Waals surface area (Å²) in [4.78, 5) is 23.2. The maximum Gasteiger partial charge on any atom is 0.344 e. The SMILES string of the molecule is C=C(C)C(=O)OCC(=O)OC1(C)C2CC3OS(=O)(=O)C1C3C2. The average Bonchev–Trinajstić information content (AvgIpc) is 2.95. The molecule has 0 spiro atoms. The van der Waals surface area contributed by atoms with Gasteiger partial charge in [-0.15, -0.1) is 0 Å². The summed E-state index contributed by atoms with van der Waals surface area (Å²) in [5.41, 5.74) is -0.947. The molecule has 0 amide bonds. The molecule has 0 N–H and O–H groups in total. The fourth-order valence-electron chi connectivity index (χ4n) is 3.98. The number of carbonyl (C=O) groups is 2. The van der Waals surface area contributed by atoms with Gasteiger partial charge in [-0.2, -0.15) is 8.42 Å². The lowest BCUT2D eigenvalue weighted by Gasteiger charge is -2.35. The highest BCUT2D eigenvalue weighted by molar-refractivity contribution is 7.87. The molecule has 2 aliphatic carbocycles. The van der Waals surface area contributed by atoms with Crippen molar-refractivity contribution >= 4 is 22.1 Å². The van der Waals surface area contributed by atoms with Crippen LogP contribution in [0, 0.1) is 11.8 Å². The van der Waals surface area contributed by atoms with Crippen LogP contribution in [0.15, 0.2) is 12.2 Å². The van der Waals surface area contributed by atoms with Crippen LogP contribution < -0.4 is 0 Å². The summed E-state index contributed by atoms with van der Waals surface area (Å²) >= 11 is 0. The number of rotatable bonds is 4. The number of fused-ring (bicyclic) bond motifs is 1. The van der Waals surface area contributed by atoms with Gasteiger partial charge < -0.3 is 9.47 Å². The lowest BCUT2D eigenvalue weighted by Crippen LogP contribution is -2.50. The summed E-state index contributed by atoms with van der Waals surface area (Å²) in [5, 5.41) is -0.829. The Labute approximate surface area is 128 Å². The van der Waals surface area contributed by atoms with E-state index >= 15 is 0 Å². The minimum Gasteiger partial charge on any atom is -0.455 e. The van der Waals surface area contributed by atoms with E-state index in [1.165, 1.54) is 6.92 Å². The quantitative estimate of drug-likeness (QED) is 0.422. The van der Waals surface area contributed by atoms with Crippen molar-refractivity contribution in [2.75, 3.05) is 6.61 Å². The fourth-order valence-corrected chi connectivity index (χ4v) is 6.20. The molecule has 2 saturated carbocycles. The molecule has 1 aliphatic heterocycles. The summed E-state index contributed by atoms with van der Waals surface area (Å²) in [6, 6.07) is 0. The van der Waals surface area contributed by atoms with Crippen molar-refractivity contribution in [1.29, 1.82) is 0 Å². The zero-order valence-electron chi connectivity index (χ0n) is 12.4. The Morgan fingerprint density at radius 2 is 2.05 bits per heavy atom. The third kappa shape index (κ3) is 2.16. The Morgan fingerprint density at radius 3 is 2.68 bits per heavy atom. The third-order valence-corrected chi connectivity index (χ3v) is 6.84. The smallest absolute Gasteiger partial charge is 0.344 e. The van der Waals surface area contributed by atoms with Gasteiger partial charge in [0.2, 0.25) is 0 Å². The van der Waals surface area contributed by atoms with Gasteiger partial charge in [0.15, 0.2) is 6.61 Å². The van der Waals surface area contributed by atoms with E-state index < -0.39 is 39.5 Å². The van der Waals surface area contributed by atoms with E-state index in [-0.39, 0.29) is 23.5 Å². The first-order chi connectivity index (χ1) is 10.1. The Bertz CT molecular complexity index is 650. The highest BCUT2D eigenvalue weighted by Crippen LogP contribution is 2.60. The molecule has 7 nitrogen and oxygen atoms in total. The average molecular weight is 330 g/mol. The lowest BCUT2D eigenvalue weighted by atomic mass is 9.84. The zero-order valence-corrected chi connectivity index (χ0v) is 13.2. The lowest BCUT2D eigenvalue weighted by molar-refractivity contribution is -0.171. The molecule has 2 bridgehead atoms. The van der Waals surface area contributed by atoms with Gasteiger partial charge in [0.25, 0.3) is 10.1 Å². The summed E-state index contributed by atoms with van der Waals surface area (Å²) in [6.07, 6.45) is 0.952. The Kier molecular flexibility index (Phi) is 3.37. The predicted octanol–water partition coefficient (Wildman–Crippen LogP) is 0.545. The number of hydrogen-bond donors (Lipinski definition) is 0. The predicted molar refractivity (Wildman–Crippen MR) is 74.1 cm³/mol. The highest BCUT2D eigenvalue weighted by Gasteiger charge is 2.71. The van der Waals surface area contributed by atoms with Gasteiger partial charge in [-0.1, -0.05) is 6.58 Å². The first-order valence-corrected chi connectivity index (χ1v) is 8.59. The van der Waals surface area contributed by atoms with Crippen LogP contribution in [0.4, 0.5) is 0 Å². The van der Waals surface area contributed by atoms with E-state index in [4.69, 9.17) is 13.7 Å². The number of hydrogen-bond acceptors (Lipinski definition) is 7. The molecule has 0 aromatic heterocycles. The first kappa shape index (κ1) is 15.5. The van der Waals surface area contributed by atoms with Crippen LogP contribution >= 0.6 is 0 Å². The summed E-state index contributed by atoms with van der Waals surface area (Å²) in [5.74, 6) is -1.62. The van der Waals surface area contributed by atoms with Gasteiger partial charge in [-0.05, 0) is 26.7 Å². The molecule has 3 rings (SSSR count). The number of ether oxygens (including phenoxy) is 2. The summed E-state index contributed by atoms with van der Waals surface area (Å²) < 4.78 is 39.5. The maximum absolute atomic E-state index is 12.1. The largest absolute Gasteiger partial charge is 0.455 e. The van der Waals surface area contributed by atoms with Crippen molar-refractivity contribution in [2.45, 2.75) is 43.6 Å². The molecule has 22 heavy (non-hydrogen) atoms. The van der Waals surface area contributed by atoms with Crippen molar-refractivity contribution in [2.24, 2.45) is 11.8 Å². The van der Waals surface area contributed by atoms with Crippen LogP contribution in [0.1, 0.15) is 26.7 Å². The zero-order chi connectivity index (χ0) is 16.3. The van der Waals surface area contributed by atoms with Crippen molar-refractivity contribution in [3.63, 3.8) is 0 Å². The van der Waals surface area contributed by atoms with E-state index in [0.717, 1.165) is 0 Å². The minimum atomic E-state index is -3.73. The monoisotopic (exact) mass is 330 g/mol. The number of esters is 2. The molecule has 1 saturated heterocycles. The summed E-state index contributed by atoms with van der Waals surface area (Å²) in [7, 11) is -3.73. The van der Waals surface area contributed by atoms with E-state index in [9.17, 15) is 18.0 Å². The van der Waals surface area contributed by atoms with Gasteiger partial charge in [-0.3, -0.25) is 4.18 Å². The Morgan fingerprint density at radius 1 is 1.36 bits per heavy atom. The maximum atomic E-state index is 12.1. The molecule has 8 heteroatoms. The molecule has 122 valence electrons. The van der Waals surface area contributed by atoms with Crippen LogP contribution in [0.5, 0.6) is 0 Å².